The molecule has 0 bridgehead atoms. The van der Waals surface area contributed by atoms with E-state index in [9.17, 15) is 9.59 Å². The summed E-state index contributed by atoms with van der Waals surface area (Å²) in [4.78, 5) is 33.0. The predicted octanol–water partition coefficient (Wildman–Crippen LogP) is 2.07. The van der Waals surface area contributed by atoms with Crippen LogP contribution in [0.5, 0.6) is 0 Å². The van der Waals surface area contributed by atoms with Crippen molar-refractivity contribution in [2.24, 2.45) is 0 Å². The quantitative estimate of drug-likeness (QED) is 0.780. The van der Waals surface area contributed by atoms with Crippen LogP contribution in [0.2, 0.25) is 0 Å². The summed E-state index contributed by atoms with van der Waals surface area (Å²) in [6.45, 7) is -0.245. The normalized spacial score (nSPS) is 15.8. The Hall–Kier alpha value is -2.88. The number of hydrogen-bond acceptors (Lipinski definition) is 4. The van der Waals surface area contributed by atoms with E-state index in [0.29, 0.717) is 16.6 Å². The van der Waals surface area contributed by atoms with Gasteiger partial charge in [0, 0.05) is 23.8 Å². The number of pyridine rings is 1. The van der Waals surface area contributed by atoms with Crippen LogP contribution in [0.4, 0.5) is 0 Å². The molecule has 3 aromatic rings. The summed E-state index contributed by atoms with van der Waals surface area (Å²) in [7, 11) is 0. The lowest BCUT2D eigenvalue weighted by molar-refractivity contribution is 0.345. The summed E-state index contributed by atoms with van der Waals surface area (Å²) < 4.78 is 2.75. The van der Waals surface area contributed by atoms with Gasteiger partial charge in [-0.2, -0.15) is 5.26 Å². The van der Waals surface area contributed by atoms with Crippen LogP contribution in [0.15, 0.2) is 28.0 Å². The Balaban J connectivity index is 2.17. The Morgan fingerprint density at radius 1 is 1.25 bits per heavy atom. The highest BCUT2D eigenvalue weighted by Gasteiger charge is 2.23. The number of nitrogens with one attached hydrogen (secondary N) is 1. The molecule has 0 saturated heterocycles. The zero-order valence-corrected chi connectivity index (χ0v) is 13.2. The number of nitrogens with zero attached hydrogens (tertiary/aromatic N) is 4. The van der Waals surface area contributed by atoms with Crippen LogP contribution in [0.25, 0.3) is 21.9 Å². The van der Waals surface area contributed by atoms with Crippen LogP contribution in [-0.4, -0.2) is 19.1 Å². The fourth-order valence-corrected chi connectivity index (χ4v) is 3.76. The number of H-pyrrole nitrogens is 1. The molecule has 7 heteroatoms. The van der Waals surface area contributed by atoms with E-state index < -0.39 is 11.2 Å². The maximum atomic E-state index is 13.0. The Bertz CT molecular complexity index is 1080. The van der Waals surface area contributed by atoms with Gasteiger partial charge < -0.3 is 4.98 Å². The van der Waals surface area contributed by atoms with Crippen LogP contribution < -0.4 is 11.2 Å². The second-order valence-electron chi connectivity index (χ2n) is 6.25. The second kappa shape index (κ2) is 5.64. The fraction of sp³-hybridized carbons (Fsp3) is 0.412. The van der Waals surface area contributed by atoms with E-state index in [4.69, 9.17) is 5.26 Å². The molecule has 0 radical (unpaired) electrons. The number of hydrogen-bond donors (Lipinski definition) is 1. The third-order valence-corrected chi connectivity index (χ3v) is 4.88. The molecule has 1 fully saturated rings. The standard InChI is InChI=1S/C17H17N5O2/c18-7-9-21-16(23)13-10-20-15-12(6-8-19-15)14(13)22(17(21)24)11-4-2-1-3-5-11/h6,8,10-11H,1-5,9H2,(H,19,20). The third kappa shape index (κ3) is 2.07. The zero-order valence-electron chi connectivity index (χ0n) is 13.2. The maximum Gasteiger partial charge on any atom is 0.332 e. The van der Waals surface area contributed by atoms with E-state index in [0.717, 1.165) is 35.6 Å². The number of nitriles is 1. The molecular formula is C17H17N5O2. The smallest absolute Gasteiger partial charge is 0.332 e. The molecule has 122 valence electrons. The zero-order chi connectivity index (χ0) is 16.7. The van der Waals surface area contributed by atoms with Gasteiger partial charge in [0.1, 0.15) is 12.2 Å². The van der Waals surface area contributed by atoms with Gasteiger partial charge in [0.15, 0.2) is 0 Å². The maximum absolute atomic E-state index is 13.0. The van der Waals surface area contributed by atoms with E-state index in [-0.39, 0.29) is 12.6 Å². The number of fused-ring (bicyclic) bond motifs is 3. The van der Waals surface area contributed by atoms with Crippen molar-refractivity contribution in [2.75, 3.05) is 0 Å². The molecule has 0 atom stereocenters. The van der Waals surface area contributed by atoms with Crippen molar-refractivity contribution in [2.45, 2.75) is 44.7 Å². The summed E-state index contributed by atoms with van der Waals surface area (Å²) >= 11 is 0. The first kappa shape index (κ1) is 14.7. The molecule has 1 aliphatic rings. The summed E-state index contributed by atoms with van der Waals surface area (Å²) in [6, 6.07) is 3.82. The van der Waals surface area contributed by atoms with Crippen molar-refractivity contribution in [3.05, 3.63) is 39.3 Å². The second-order valence-corrected chi connectivity index (χ2v) is 6.25. The summed E-state index contributed by atoms with van der Waals surface area (Å²) in [5, 5.41) is 10.2. The Morgan fingerprint density at radius 3 is 2.79 bits per heavy atom. The molecule has 7 nitrogen and oxygen atoms in total. The minimum atomic E-state index is -0.445. The molecule has 1 N–H and O–H groups in total. The number of rotatable bonds is 2. The molecule has 0 spiro atoms. The van der Waals surface area contributed by atoms with Gasteiger partial charge in [-0.1, -0.05) is 19.3 Å². The molecule has 1 aliphatic carbocycles. The summed E-state index contributed by atoms with van der Waals surface area (Å²) in [5.74, 6) is 0. The van der Waals surface area contributed by atoms with Gasteiger partial charge in [0.2, 0.25) is 0 Å². The Morgan fingerprint density at radius 2 is 2.04 bits per heavy atom. The van der Waals surface area contributed by atoms with E-state index >= 15 is 0 Å². The molecule has 0 amide bonds. The van der Waals surface area contributed by atoms with E-state index in [1.54, 1.807) is 10.8 Å². The first-order chi connectivity index (χ1) is 11.7. The van der Waals surface area contributed by atoms with Crippen molar-refractivity contribution in [3.63, 3.8) is 0 Å². The lowest BCUT2D eigenvalue weighted by Crippen LogP contribution is -2.41. The van der Waals surface area contributed by atoms with Crippen LogP contribution in [0.3, 0.4) is 0 Å². The highest BCUT2D eigenvalue weighted by molar-refractivity contribution is 6.01. The first-order valence-corrected chi connectivity index (χ1v) is 8.20. The van der Waals surface area contributed by atoms with Gasteiger partial charge in [-0.15, -0.1) is 0 Å². The minimum absolute atomic E-state index is 0.0554. The SMILES string of the molecule is N#CCn1c(=O)c2cnc3[nH]ccc3c2n(C2CCCCC2)c1=O. The van der Waals surface area contributed by atoms with Gasteiger partial charge in [0.05, 0.1) is 17.0 Å². The van der Waals surface area contributed by atoms with Gasteiger partial charge in [-0.3, -0.25) is 9.36 Å². The van der Waals surface area contributed by atoms with Gasteiger partial charge in [-0.25, -0.2) is 14.3 Å². The van der Waals surface area contributed by atoms with Crippen LogP contribution >= 0.6 is 0 Å². The summed E-state index contributed by atoms with van der Waals surface area (Å²) in [5.41, 5.74) is 0.454. The first-order valence-electron chi connectivity index (χ1n) is 8.20. The van der Waals surface area contributed by atoms with Crippen molar-refractivity contribution in [1.29, 1.82) is 5.26 Å². The monoisotopic (exact) mass is 323 g/mol. The van der Waals surface area contributed by atoms with Crippen LogP contribution in [0, 0.1) is 11.3 Å². The third-order valence-electron chi connectivity index (χ3n) is 4.88. The van der Waals surface area contributed by atoms with Gasteiger partial charge in [-0.05, 0) is 18.9 Å². The van der Waals surface area contributed by atoms with Crippen LogP contribution in [0.1, 0.15) is 38.1 Å². The molecule has 1 saturated carbocycles. The van der Waals surface area contributed by atoms with Crippen LogP contribution in [-0.2, 0) is 6.54 Å². The number of aromatic nitrogens is 4. The average molecular weight is 323 g/mol. The van der Waals surface area contributed by atoms with Crippen molar-refractivity contribution >= 4 is 21.9 Å². The largest absolute Gasteiger partial charge is 0.346 e. The molecule has 0 aromatic carbocycles. The Labute approximate surface area is 137 Å². The molecule has 3 heterocycles. The fourth-order valence-electron chi connectivity index (χ4n) is 3.76. The minimum Gasteiger partial charge on any atom is -0.346 e. The topological polar surface area (TPSA) is 96.5 Å². The predicted molar refractivity (Wildman–Crippen MR) is 89.9 cm³/mol. The molecule has 0 aliphatic heterocycles. The van der Waals surface area contributed by atoms with E-state index in [1.807, 2.05) is 12.1 Å². The van der Waals surface area contributed by atoms with Crippen molar-refractivity contribution in [1.82, 2.24) is 19.1 Å². The lowest BCUT2D eigenvalue weighted by atomic mass is 9.95. The molecule has 0 unspecified atom stereocenters. The Kier molecular flexibility index (Phi) is 3.45. The number of aromatic amines is 1. The highest BCUT2D eigenvalue weighted by Crippen LogP contribution is 2.30. The molecule has 3 aromatic heterocycles. The highest BCUT2D eigenvalue weighted by atomic mass is 16.2. The lowest BCUT2D eigenvalue weighted by Gasteiger charge is -2.26. The molecular weight excluding hydrogens is 306 g/mol. The van der Waals surface area contributed by atoms with E-state index in [1.165, 1.54) is 12.6 Å². The molecule has 24 heavy (non-hydrogen) atoms. The van der Waals surface area contributed by atoms with Crippen molar-refractivity contribution in [3.8, 4) is 6.07 Å². The summed E-state index contributed by atoms with van der Waals surface area (Å²) in [6.07, 6.45) is 8.38. The van der Waals surface area contributed by atoms with Gasteiger partial charge >= 0.3 is 5.69 Å². The molecule has 4 rings (SSSR count). The van der Waals surface area contributed by atoms with Crippen molar-refractivity contribution < 1.29 is 0 Å². The van der Waals surface area contributed by atoms with Gasteiger partial charge in [0.25, 0.3) is 5.56 Å². The average Bonchev–Trinajstić information content (AvgIpc) is 3.08. The van der Waals surface area contributed by atoms with E-state index in [2.05, 4.69) is 9.97 Å².